The van der Waals surface area contributed by atoms with E-state index in [2.05, 4.69) is 36.4 Å². The number of hydrogen-bond acceptors (Lipinski definition) is 6. The number of nitrogens with zero attached hydrogens (tertiary/aromatic N) is 10. The van der Waals surface area contributed by atoms with Gasteiger partial charge in [0.15, 0.2) is 0 Å². The minimum absolute atomic E-state index is 0.193. The normalized spacial score (nSPS) is 11.7. The van der Waals surface area contributed by atoms with Crippen LogP contribution >= 0.6 is 0 Å². The van der Waals surface area contributed by atoms with Gasteiger partial charge in [-0.15, -0.1) is 0 Å². The molecule has 0 saturated carbocycles. The second-order valence-electron chi connectivity index (χ2n) is 29.7. The molecule has 0 aliphatic rings. The Morgan fingerprint density at radius 3 is 0.725 bits per heavy atom. The van der Waals surface area contributed by atoms with Gasteiger partial charge in [0.25, 0.3) is 0 Å². The number of alkyl halides is 6. The Bertz CT molecular complexity index is 8120. The lowest BCUT2D eigenvalue weighted by Gasteiger charge is -2.23. The van der Waals surface area contributed by atoms with Gasteiger partial charge >= 0.3 is 12.4 Å². The molecule has 20 aromatic rings. The monoisotopic (exact) mass is 1560 g/mol. The second kappa shape index (κ2) is 28.1. The molecule has 0 N–H and O–H groups in total. The maximum Gasteiger partial charge on any atom is 0.420 e. The molecular formula is C104H54F6N10. The SMILES string of the molecule is N#Cc1cccc(-c2cc(-n3c4ccccc4c4cc(-c5cccc(C#N)c5)ccc43)c(C(F)(F)F)c(-n3c4ccc(-c5cccc(C#N)c5)cc4c4cc(-c5cc(C#N)cc(-c6ccc7c8ccccc8n(-c8cc(-c9cccc(C#N)c9)cc(-n9c%10ccccc%10c%10ccc(-c%11cccc(C#N)c%11)cc%109)c8C(F)(F)F)c7c6)c5)ccc43)c2)c1. The van der Waals surface area contributed by atoms with Crippen molar-refractivity contribution in [2.24, 2.45) is 0 Å². The summed E-state index contributed by atoms with van der Waals surface area (Å²) < 4.78 is 111. The van der Waals surface area contributed by atoms with E-state index in [0.717, 1.165) is 11.1 Å². The highest BCUT2D eigenvalue weighted by Crippen LogP contribution is 2.51. The number of benzene rings is 16. The zero-order chi connectivity index (χ0) is 82.0. The molecule has 0 amide bonds. The molecule has 4 heterocycles. The fourth-order valence-electron chi connectivity index (χ4n) is 17.6. The lowest BCUT2D eigenvalue weighted by molar-refractivity contribution is -0.138. The fraction of sp³-hybridized carbons (Fsp3) is 0.0192. The fourth-order valence-corrected chi connectivity index (χ4v) is 17.6. The molecule has 0 radical (unpaired) electrons. The molecule has 20 rings (SSSR count). The van der Waals surface area contributed by atoms with Gasteiger partial charge in [-0.2, -0.15) is 57.9 Å². The summed E-state index contributed by atoms with van der Waals surface area (Å²) in [5.74, 6) is 0. The van der Waals surface area contributed by atoms with Crippen molar-refractivity contribution >= 4 is 87.2 Å². The standard InChI is InChI=1S/C104H54F6N10/c105-103(106,107)101-97(117-91-27-6-3-24-83(91)86-46-72(30-35-92(86)117)67-17-7-12-61(38-67)55-111)51-79(70-20-10-15-64(41-70)58-114)52-98(101)118-93-36-31-73(68-18-8-13-62(39-68)56-112)47-87(93)88-48-74(32-37-94(88)118)77-43-66(60-116)44-78(45-77)76-29-34-85-82-23-2-5-26-90(82)120(96(85)50-76)100-54-80(71-21-11-16-65(42-71)59-115)53-99(102(100)104(108,109)110)119-89-25-4-1-22-81(89)84-33-28-75(49-95(84)119)69-19-9-14-63(40-69)57-113/h1-54H. The minimum atomic E-state index is -5.06. The van der Waals surface area contributed by atoms with Crippen LogP contribution < -0.4 is 0 Å². The molecule has 0 bridgehead atoms. The third-order valence-corrected chi connectivity index (χ3v) is 22.9. The summed E-state index contributed by atoms with van der Waals surface area (Å²) in [7, 11) is 0. The van der Waals surface area contributed by atoms with Crippen LogP contribution in [0.25, 0.3) is 188 Å². The lowest BCUT2D eigenvalue weighted by Crippen LogP contribution is -2.16. The van der Waals surface area contributed by atoms with Gasteiger partial charge in [-0.1, -0.05) is 158 Å². The Labute approximate surface area is 680 Å². The summed E-state index contributed by atoms with van der Waals surface area (Å²) in [4.78, 5) is 0. The van der Waals surface area contributed by atoms with E-state index in [1.54, 1.807) is 194 Å². The van der Waals surface area contributed by atoms with E-state index in [9.17, 15) is 31.6 Å². The van der Waals surface area contributed by atoms with Crippen molar-refractivity contribution in [1.82, 2.24) is 18.3 Å². The van der Waals surface area contributed by atoms with Crippen LogP contribution in [0.4, 0.5) is 26.3 Å². The van der Waals surface area contributed by atoms with Crippen molar-refractivity contribution in [3.05, 3.63) is 372 Å². The topological polar surface area (TPSA) is 162 Å². The minimum Gasteiger partial charge on any atom is -0.309 e. The predicted octanol–water partition coefficient (Wildman–Crippen LogP) is 27.0. The first kappa shape index (κ1) is 72.2. The third-order valence-electron chi connectivity index (χ3n) is 22.9. The molecule has 4 aromatic heterocycles. The Balaban J connectivity index is 0.806. The Morgan fingerprint density at radius 1 is 0.175 bits per heavy atom. The van der Waals surface area contributed by atoms with Crippen LogP contribution in [-0.2, 0) is 12.4 Å². The van der Waals surface area contributed by atoms with Crippen molar-refractivity contribution < 1.29 is 26.3 Å². The molecule has 0 aliphatic heterocycles. The maximum atomic E-state index is 17.4. The number of nitriles is 6. The van der Waals surface area contributed by atoms with Crippen LogP contribution in [0.2, 0.25) is 0 Å². The quantitative estimate of drug-likeness (QED) is 0.117. The molecule has 16 heteroatoms. The molecule has 562 valence electrons. The highest BCUT2D eigenvalue weighted by Gasteiger charge is 2.42. The smallest absolute Gasteiger partial charge is 0.309 e. The number of aromatic nitrogens is 4. The van der Waals surface area contributed by atoms with E-state index in [1.165, 1.54) is 24.3 Å². The average molecular weight is 1560 g/mol. The highest BCUT2D eigenvalue weighted by atomic mass is 19.4. The van der Waals surface area contributed by atoms with Gasteiger partial charge in [-0.05, 0) is 248 Å². The molecule has 16 aromatic carbocycles. The van der Waals surface area contributed by atoms with Gasteiger partial charge in [0.05, 0.1) is 137 Å². The van der Waals surface area contributed by atoms with Crippen LogP contribution in [-0.4, -0.2) is 18.3 Å². The van der Waals surface area contributed by atoms with E-state index >= 15 is 26.3 Å². The molecule has 0 atom stereocenters. The summed E-state index contributed by atoms with van der Waals surface area (Å²) >= 11 is 0. The Kier molecular flexibility index (Phi) is 16.9. The molecular weight excluding hydrogens is 1500 g/mol. The number of halogens is 6. The first-order chi connectivity index (χ1) is 58.4. The van der Waals surface area contributed by atoms with Gasteiger partial charge < -0.3 is 18.3 Å². The van der Waals surface area contributed by atoms with Gasteiger partial charge in [0.1, 0.15) is 11.1 Å². The average Bonchev–Trinajstić information content (AvgIpc) is 1.55. The van der Waals surface area contributed by atoms with E-state index in [1.807, 2.05) is 127 Å². The zero-order valence-corrected chi connectivity index (χ0v) is 62.9. The third kappa shape index (κ3) is 12.0. The highest BCUT2D eigenvalue weighted by molar-refractivity contribution is 6.15. The number of rotatable bonds is 11. The van der Waals surface area contributed by atoms with Gasteiger partial charge in [0.2, 0.25) is 0 Å². The van der Waals surface area contributed by atoms with Gasteiger partial charge in [0, 0.05) is 43.1 Å². The summed E-state index contributed by atoms with van der Waals surface area (Å²) in [5, 5.41) is 66.8. The summed E-state index contributed by atoms with van der Waals surface area (Å²) in [6.45, 7) is 0. The van der Waals surface area contributed by atoms with Gasteiger partial charge in [-0.25, -0.2) is 0 Å². The van der Waals surface area contributed by atoms with Crippen molar-refractivity contribution in [2.45, 2.75) is 12.4 Å². The van der Waals surface area contributed by atoms with Crippen molar-refractivity contribution in [3.8, 4) is 137 Å². The van der Waals surface area contributed by atoms with Crippen LogP contribution in [0, 0.1) is 68.0 Å². The largest absolute Gasteiger partial charge is 0.420 e. The van der Waals surface area contributed by atoms with Crippen LogP contribution in [0.15, 0.2) is 328 Å². The summed E-state index contributed by atoms with van der Waals surface area (Å²) in [6.07, 6.45) is -10.1. The van der Waals surface area contributed by atoms with Crippen LogP contribution in [0.1, 0.15) is 44.5 Å². The number of hydrogen-bond donors (Lipinski definition) is 0. The van der Waals surface area contributed by atoms with E-state index < -0.39 is 23.5 Å². The molecule has 0 unspecified atom stereocenters. The summed E-state index contributed by atoms with van der Waals surface area (Å²) in [6, 6.07) is 109. The molecule has 0 aliphatic carbocycles. The van der Waals surface area contributed by atoms with Gasteiger partial charge in [-0.3, -0.25) is 0 Å². The molecule has 10 nitrogen and oxygen atoms in total. The van der Waals surface area contributed by atoms with E-state index in [-0.39, 0.29) is 33.9 Å². The van der Waals surface area contributed by atoms with Crippen molar-refractivity contribution in [2.75, 3.05) is 0 Å². The first-order valence-electron chi connectivity index (χ1n) is 38.2. The van der Waals surface area contributed by atoms with Crippen LogP contribution in [0.3, 0.4) is 0 Å². The Hall–Kier alpha value is -16.8. The van der Waals surface area contributed by atoms with Crippen molar-refractivity contribution in [3.63, 3.8) is 0 Å². The lowest BCUT2D eigenvalue weighted by atomic mass is 9.94. The molecule has 0 spiro atoms. The number of fused-ring (bicyclic) bond motifs is 12. The Morgan fingerprint density at radius 2 is 0.400 bits per heavy atom. The molecule has 120 heavy (non-hydrogen) atoms. The predicted molar refractivity (Wildman–Crippen MR) is 460 cm³/mol. The van der Waals surface area contributed by atoms with Crippen LogP contribution in [0.5, 0.6) is 0 Å². The van der Waals surface area contributed by atoms with E-state index in [4.69, 9.17) is 0 Å². The summed E-state index contributed by atoms with van der Waals surface area (Å²) in [5.41, 5.74) is 10.8. The molecule has 0 saturated heterocycles. The zero-order valence-electron chi connectivity index (χ0n) is 62.9. The van der Waals surface area contributed by atoms with Crippen molar-refractivity contribution in [1.29, 1.82) is 31.6 Å². The first-order valence-corrected chi connectivity index (χ1v) is 38.2. The molecule has 0 fully saturated rings. The number of para-hydroxylation sites is 3. The van der Waals surface area contributed by atoms with E-state index in [0.29, 0.717) is 176 Å². The maximum absolute atomic E-state index is 17.4. The second-order valence-corrected chi connectivity index (χ2v) is 29.7.